The standard InChI is InChI=1S/C19H22N2O4/c1-12-10-13(24-2)7-8-14(12)20-19(23)18-15-6-4-5-9-21(15)17(22)11-16(18)25-3/h7-8,10-11H,4-6,9H2,1-3H3,(H,20,23). The molecule has 6 nitrogen and oxygen atoms in total. The van der Waals surface area contributed by atoms with Gasteiger partial charge in [0.15, 0.2) is 0 Å². The topological polar surface area (TPSA) is 69.6 Å². The van der Waals surface area contributed by atoms with Crippen LogP contribution >= 0.6 is 0 Å². The van der Waals surface area contributed by atoms with Gasteiger partial charge in [-0.3, -0.25) is 9.59 Å². The van der Waals surface area contributed by atoms with Crippen LogP contribution in [0.3, 0.4) is 0 Å². The minimum absolute atomic E-state index is 0.122. The van der Waals surface area contributed by atoms with Crippen molar-refractivity contribution in [3.63, 3.8) is 0 Å². The lowest BCUT2D eigenvalue weighted by atomic mass is 10.0. The average molecular weight is 342 g/mol. The Morgan fingerprint density at radius 1 is 1.16 bits per heavy atom. The summed E-state index contributed by atoms with van der Waals surface area (Å²) in [6.07, 6.45) is 2.59. The molecule has 6 heteroatoms. The number of fused-ring (bicyclic) bond motifs is 1. The molecule has 3 rings (SSSR count). The zero-order valence-electron chi connectivity index (χ0n) is 14.7. The molecule has 1 amide bonds. The number of hydrogen-bond acceptors (Lipinski definition) is 4. The summed E-state index contributed by atoms with van der Waals surface area (Å²) in [5.41, 5.74) is 2.67. The van der Waals surface area contributed by atoms with E-state index in [1.54, 1.807) is 23.8 Å². The largest absolute Gasteiger partial charge is 0.497 e. The van der Waals surface area contributed by atoms with E-state index < -0.39 is 0 Å². The second-order valence-electron chi connectivity index (χ2n) is 6.12. The van der Waals surface area contributed by atoms with Crippen LogP contribution in [0.25, 0.3) is 0 Å². The van der Waals surface area contributed by atoms with E-state index in [1.165, 1.54) is 13.2 Å². The van der Waals surface area contributed by atoms with E-state index >= 15 is 0 Å². The highest BCUT2D eigenvalue weighted by atomic mass is 16.5. The van der Waals surface area contributed by atoms with E-state index in [-0.39, 0.29) is 11.5 Å². The quantitative estimate of drug-likeness (QED) is 0.927. The zero-order chi connectivity index (χ0) is 18.0. The molecule has 1 aromatic carbocycles. The van der Waals surface area contributed by atoms with Gasteiger partial charge in [-0.2, -0.15) is 0 Å². The Hall–Kier alpha value is -2.76. The second kappa shape index (κ2) is 7.01. The van der Waals surface area contributed by atoms with Crippen LogP contribution in [0.1, 0.15) is 34.5 Å². The molecule has 1 N–H and O–H groups in total. The number of ether oxygens (including phenoxy) is 2. The molecule has 0 atom stereocenters. The molecule has 1 aliphatic rings. The van der Waals surface area contributed by atoms with E-state index in [0.717, 1.165) is 29.8 Å². The Labute approximate surface area is 146 Å². The summed E-state index contributed by atoms with van der Waals surface area (Å²) in [6.45, 7) is 2.54. The maximum atomic E-state index is 12.9. The van der Waals surface area contributed by atoms with Gasteiger partial charge in [0.05, 0.1) is 14.2 Å². The molecular weight excluding hydrogens is 320 g/mol. The maximum absolute atomic E-state index is 12.9. The first-order chi connectivity index (χ1) is 12.0. The number of aromatic nitrogens is 1. The highest BCUT2D eigenvalue weighted by molar-refractivity contribution is 6.07. The summed E-state index contributed by atoms with van der Waals surface area (Å²) in [7, 11) is 3.08. The lowest BCUT2D eigenvalue weighted by molar-refractivity contribution is 0.102. The van der Waals surface area contributed by atoms with Crippen molar-refractivity contribution in [1.29, 1.82) is 0 Å². The molecule has 2 heterocycles. The minimum Gasteiger partial charge on any atom is -0.497 e. The SMILES string of the molecule is COc1ccc(NC(=O)c2c(OC)cc(=O)n3c2CCCC3)c(C)c1. The summed E-state index contributed by atoms with van der Waals surface area (Å²) in [5.74, 6) is 0.786. The molecule has 1 aromatic heterocycles. The van der Waals surface area contributed by atoms with E-state index in [0.29, 0.717) is 30.0 Å². The monoisotopic (exact) mass is 342 g/mol. The smallest absolute Gasteiger partial charge is 0.261 e. The van der Waals surface area contributed by atoms with Crippen molar-refractivity contribution in [3.05, 3.63) is 51.4 Å². The van der Waals surface area contributed by atoms with Crippen LogP contribution in [0, 0.1) is 6.92 Å². The number of methoxy groups -OCH3 is 2. The summed E-state index contributed by atoms with van der Waals surface area (Å²) >= 11 is 0. The van der Waals surface area contributed by atoms with Crippen molar-refractivity contribution in [2.45, 2.75) is 32.7 Å². The van der Waals surface area contributed by atoms with Crippen LogP contribution in [0.4, 0.5) is 5.69 Å². The predicted octanol–water partition coefficient (Wildman–Crippen LogP) is 2.76. The number of aryl methyl sites for hydroxylation is 1. The molecule has 2 aromatic rings. The van der Waals surface area contributed by atoms with Gasteiger partial charge in [-0.25, -0.2) is 0 Å². The van der Waals surface area contributed by atoms with Crippen molar-refractivity contribution in [2.24, 2.45) is 0 Å². The average Bonchev–Trinajstić information content (AvgIpc) is 2.63. The van der Waals surface area contributed by atoms with E-state index in [9.17, 15) is 9.59 Å². The molecular formula is C19H22N2O4. The van der Waals surface area contributed by atoms with Crippen molar-refractivity contribution >= 4 is 11.6 Å². The van der Waals surface area contributed by atoms with Gasteiger partial charge in [0.2, 0.25) is 0 Å². The van der Waals surface area contributed by atoms with Crippen molar-refractivity contribution in [1.82, 2.24) is 4.57 Å². The molecule has 0 bridgehead atoms. The van der Waals surface area contributed by atoms with E-state index in [1.807, 2.05) is 13.0 Å². The minimum atomic E-state index is -0.268. The first-order valence-electron chi connectivity index (χ1n) is 8.32. The molecule has 132 valence electrons. The second-order valence-corrected chi connectivity index (χ2v) is 6.12. The first-order valence-corrected chi connectivity index (χ1v) is 8.32. The Morgan fingerprint density at radius 2 is 1.96 bits per heavy atom. The summed E-state index contributed by atoms with van der Waals surface area (Å²) < 4.78 is 12.2. The molecule has 0 saturated heterocycles. The summed E-state index contributed by atoms with van der Waals surface area (Å²) in [5, 5.41) is 2.93. The number of nitrogens with one attached hydrogen (secondary N) is 1. The van der Waals surface area contributed by atoms with Crippen LogP contribution in [0.15, 0.2) is 29.1 Å². The van der Waals surface area contributed by atoms with Crippen molar-refractivity contribution in [2.75, 3.05) is 19.5 Å². The Kier molecular flexibility index (Phi) is 4.79. The number of carbonyl (C=O) groups excluding carboxylic acids is 1. The normalized spacial score (nSPS) is 13.1. The van der Waals surface area contributed by atoms with Gasteiger partial charge in [-0.05, 0) is 49.9 Å². The van der Waals surface area contributed by atoms with Crippen LogP contribution in [0.2, 0.25) is 0 Å². The third-order valence-electron chi connectivity index (χ3n) is 4.56. The molecule has 0 saturated carbocycles. The maximum Gasteiger partial charge on any atom is 0.261 e. The first kappa shape index (κ1) is 17.1. The molecule has 0 aliphatic carbocycles. The Morgan fingerprint density at radius 3 is 2.64 bits per heavy atom. The fraction of sp³-hybridized carbons (Fsp3) is 0.368. The molecule has 0 unspecified atom stereocenters. The molecule has 1 aliphatic heterocycles. The number of rotatable bonds is 4. The Bertz CT molecular complexity index is 870. The number of anilines is 1. The summed E-state index contributed by atoms with van der Waals surface area (Å²) in [4.78, 5) is 25.2. The van der Waals surface area contributed by atoms with Gasteiger partial charge in [-0.15, -0.1) is 0 Å². The number of carbonyl (C=O) groups is 1. The lowest BCUT2D eigenvalue weighted by Crippen LogP contribution is -2.30. The molecule has 0 fully saturated rings. The third kappa shape index (κ3) is 3.24. The fourth-order valence-electron chi connectivity index (χ4n) is 3.23. The highest BCUT2D eigenvalue weighted by Crippen LogP contribution is 2.27. The van der Waals surface area contributed by atoms with Crippen LogP contribution < -0.4 is 20.3 Å². The number of benzene rings is 1. The van der Waals surface area contributed by atoms with Gasteiger partial charge < -0.3 is 19.4 Å². The van der Waals surface area contributed by atoms with E-state index in [2.05, 4.69) is 5.32 Å². The number of amides is 1. The zero-order valence-corrected chi connectivity index (χ0v) is 14.7. The van der Waals surface area contributed by atoms with Gasteiger partial charge >= 0.3 is 0 Å². The van der Waals surface area contributed by atoms with Gasteiger partial charge in [0.25, 0.3) is 11.5 Å². The molecule has 0 radical (unpaired) electrons. The van der Waals surface area contributed by atoms with Crippen molar-refractivity contribution < 1.29 is 14.3 Å². The lowest BCUT2D eigenvalue weighted by Gasteiger charge is -2.23. The van der Waals surface area contributed by atoms with Crippen LogP contribution in [-0.2, 0) is 13.0 Å². The fourth-order valence-corrected chi connectivity index (χ4v) is 3.23. The van der Waals surface area contributed by atoms with Crippen LogP contribution in [-0.4, -0.2) is 24.7 Å². The molecule has 0 spiro atoms. The predicted molar refractivity (Wildman–Crippen MR) is 95.9 cm³/mol. The number of nitrogens with zero attached hydrogens (tertiary/aromatic N) is 1. The third-order valence-corrected chi connectivity index (χ3v) is 4.56. The van der Waals surface area contributed by atoms with Crippen molar-refractivity contribution in [3.8, 4) is 11.5 Å². The number of hydrogen-bond donors (Lipinski definition) is 1. The van der Waals surface area contributed by atoms with Gasteiger partial charge in [0.1, 0.15) is 17.1 Å². The van der Waals surface area contributed by atoms with Gasteiger partial charge in [-0.1, -0.05) is 0 Å². The molecule has 25 heavy (non-hydrogen) atoms. The number of pyridine rings is 1. The van der Waals surface area contributed by atoms with Crippen LogP contribution in [0.5, 0.6) is 11.5 Å². The van der Waals surface area contributed by atoms with E-state index in [4.69, 9.17) is 9.47 Å². The summed E-state index contributed by atoms with van der Waals surface area (Å²) in [6, 6.07) is 6.85. The Balaban J connectivity index is 2.01. The van der Waals surface area contributed by atoms with Gasteiger partial charge in [0, 0.05) is 24.0 Å². The highest BCUT2D eigenvalue weighted by Gasteiger charge is 2.24.